The SMILES string of the molecule is CS(=O)(=O)N1CCC(C2CCN(C3CC(=O)N(CCc4ccccc4)C3=O)CC2)CC1. The summed E-state index contributed by atoms with van der Waals surface area (Å²) in [5.41, 5.74) is 1.13. The fraction of sp³-hybridized carbons (Fsp3) is 0.652. The highest BCUT2D eigenvalue weighted by Gasteiger charge is 2.43. The lowest BCUT2D eigenvalue weighted by atomic mass is 9.79. The minimum Gasteiger partial charge on any atom is -0.292 e. The van der Waals surface area contributed by atoms with Crippen LogP contribution in [0.3, 0.4) is 0 Å². The topological polar surface area (TPSA) is 78.0 Å². The summed E-state index contributed by atoms with van der Waals surface area (Å²) in [5, 5.41) is 0. The molecule has 0 aromatic heterocycles. The second kappa shape index (κ2) is 9.38. The molecule has 0 spiro atoms. The van der Waals surface area contributed by atoms with E-state index in [0.29, 0.717) is 44.3 Å². The number of sulfonamides is 1. The van der Waals surface area contributed by atoms with E-state index in [9.17, 15) is 18.0 Å². The molecule has 0 saturated carbocycles. The normalized spacial score (nSPS) is 25.5. The van der Waals surface area contributed by atoms with Gasteiger partial charge in [0, 0.05) is 19.6 Å². The van der Waals surface area contributed by atoms with E-state index in [4.69, 9.17) is 0 Å². The largest absolute Gasteiger partial charge is 0.292 e. The predicted octanol–water partition coefficient (Wildman–Crippen LogP) is 1.74. The molecule has 0 aliphatic carbocycles. The number of carbonyl (C=O) groups excluding carboxylic acids is 2. The van der Waals surface area contributed by atoms with Crippen molar-refractivity contribution in [2.45, 2.75) is 44.6 Å². The Hall–Kier alpha value is -1.77. The van der Waals surface area contributed by atoms with Crippen LogP contribution in [0, 0.1) is 11.8 Å². The minimum absolute atomic E-state index is 0.0409. The van der Waals surface area contributed by atoms with Gasteiger partial charge in [-0.3, -0.25) is 19.4 Å². The summed E-state index contributed by atoms with van der Waals surface area (Å²) in [6.45, 7) is 3.37. The molecule has 1 atom stereocenters. The lowest BCUT2D eigenvalue weighted by Crippen LogP contribution is -2.47. The Balaban J connectivity index is 1.26. The number of likely N-dealkylation sites (tertiary alicyclic amines) is 2. The lowest BCUT2D eigenvalue weighted by Gasteiger charge is -2.40. The lowest BCUT2D eigenvalue weighted by molar-refractivity contribution is -0.139. The van der Waals surface area contributed by atoms with Crippen LogP contribution in [0.4, 0.5) is 0 Å². The van der Waals surface area contributed by atoms with Crippen molar-refractivity contribution >= 4 is 21.8 Å². The van der Waals surface area contributed by atoms with E-state index in [2.05, 4.69) is 4.90 Å². The molecule has 0 bridgehead atoms. The van der Waals surface area contributed by atoms with Crippen LogP contribution >= 0.6 is 0 Å². The van der Waals surface area contributed by atoms with Gasteiger partial charge in [-0.05, 0) is 62.6 Å². The van der Waals surface area contributed by atoms with Crippen molar-refractivity contribution in [2.24, 2.45) is 11.8 Å². The van der Waals surface area contributed by atoms with Gasteiger partial charge in [0.2, 0.25) is 21.8 Å². The van der Waals surface area contributed by atoms with Crippen LogP contribution < -0.4 is 0 Å². The number of benzene rings is 1. The number of amides is 2. The van der Waals surface area contributed by atoms with Crippen molar-refractivity contribution in [1.82, 2.24) is 14.1 Å². The van der Waals surface area contributed by atoms with Crippen LogP contribution in [0.15, 0.2) is 30.3 Å². The highest BCUT2D eigenvalue weighted by Crippen LogP contribution is 2.34. The van der Waals surface area contributed by atoms with E-state index < -0.39 is 10.0 Å². The first-order valence-electron chi connectivity index (χ1n) is 11.4. The van der Waals surface area contributed by atoms with Gasteiger partial charge in [-0.1, -0.05) is 30.3 Å². The van der Waals surface area contributed by atoms with Crippen molar-refractivity contribution in [2.75, 3.05) is 39.0 Å². The zero-order chi connectivity index (χ0) is 22.0. The summed E-state index contributed by atoms with van der Waals surface area (Å²) in [7, 11) is -3.09. The van der Waals surface area contributed by atoms with Crippen LogP contribution in [0.2, 0.25) is 0 Å². The maximum Gasteiger partial charge on any atom is 0.247 e. The first-order valence-corrected chi connectivity index (χ1v) is 13.2. The molecule has 1 unspecified atom stereocenters. The highest BCUT2D eigenvalue weighted by atomic mass is 32.2. The van der Waals surface area contributed by atoms with E-state index >= 15 is 0 Å². The number of nitrogens with zero attached hydrogens (tertiary/aromatic N) is 3. The van der Waals surface area contributed by atoms with Crippen LogP contribution in [0.5, 0.6) is 0 Å². The van der Waals surface area contributed by atoms with Crippen LogP contribution in [0.25, 0.3) is 0 Å². The van der Waals surface area contributed by atoms with Crippen molar-refractivity contribution in [1.29, 1.82) is 0 Å². The zero-order valence-electron chi connectivity index (χ0n) is 18.3. The highest BCUT2D eigenvalue weighted by molar-refractivity contribution is 7.88. The predicted molar refractivity (Wildman–Crippen MR) is 119 cm³/mol. The Morgan fingerprint density at radius 1 is 0.903 bits per heavy atom. The van der Waals surface area contributed by atoms with Gasteiger partial charge in [0.1, 0.15) is 0 Å². The summed E-state index contributed by atoms with van der Waals surface area (Å²) < 4.78 is 25.0. The number of rotatable bonds is 6. The molecule has 170 valence electrons. The molecule has 0 radical (unpaired) electrons. The van der Waals surface area contributed by atoms with Crippen LogP contribution in [-0.4, -0.2) is 79.4 Å². The minimum atomic E-state index is -3.09. The molecule has 3 heterocycles. The molecule has 3 saturated heterocycles. The Labute approximate surface area is 185 Å². The van der Waals surface area contributed by atoms with E-state index in [1.54, 1.807) is 4.31 Å². The van der Waals surface area contributed by atoms with Crippen molar-refractivity contribution in [3.05, 3.63) is 35.9 Å². The van der Waals surface area contributed by atoms with Crippen molar-refractivity contribution in [3.63, 3.8) is 0 Å². The Kier molecular flexibility index (Phi) is 6.79. The van der Waals surface area contributed by atoms with Gasteiger partial charge in [-0.15, -0.1) is 0 Å². The first kappa shape index (κ1) is 22.4. The third-order valence-corrected chi connectivity index (χ3v) is 8.64. The quantitative estimate of drug-likeness (QED) is 0.621. The summed E-state index contributed by atoms with van der Waals surface area (Å²) in [6, 6.07) is 9.64. The summed E-state index contributed by atoms with van der Waals surface area (Å²) >= 11 is 0. The van der Waals surface area contributed by atoms with Crippen LogP contribution in [-0.2, 0) is 26.0 Å². The van der Waals surface area contributed by atoms with Gasteiger partial charge in [-0.2, -0.15) is 0 Å². The van der Waals surface area contributed by atoms with Gasteiger partial charge in [0.25, 0.3) is 0 Å². The number of hydrogen-bond donors (Lipinski definition) is 0. The first-order chi connectivity index (χ1) is 14.8. The van der Waals surface area contributed by atoms with Crippen LogP contribution in [0.1, 0.15) is 37.7 Å². The molecule has 1 aromatic rings. The van der Waals surface area contributed by atoms with Gasteiger partial charge in [-0.25, -0.2) is 12.7 Å². The second-order valence-corrected chi connectivity index (χ2v) is 11.2. The molecule has 0 N–H and O–H groups in total. The Bertz CT molecular complexity index is 889. The maximum atomic E-state index is 13.0. The summed E-state index contributed by atoms with van der Waals surface area (Å²) in [4.78, 5) is 29.1. The number of imide groups is 1. The second-order valence-electron chi connectivity index (χ2n) is 9.21. The molecule has 1 aromatic carbocycles. The number of carbonyl (C=O) groups is 2. The monoisotopic (exact) mass is 447 g/mol. The average Bonchev–Trinajstić information content (AvgIpc) is 3.06. The molecule has 3 aliphatic heterocycles. The van der Waals surface area contributed by atoms with E-state index in [0.717, 1.165) is 44.3 Å². The molecule has 8 heteroatoms. The van der Waals surface area contributed by atoms with E-state index in [1.807, 2.05) is 30.3 Å². The Morgan fingerprint density at radius 3 is 2.06 bits per heavy atom. The van der Waals surface area contributed by atoms with Gasteiger partial charge >= 0.3 is 0 Å². The fourth-order valence-electron chi connectivity index (χ4n) is 5.45. The summed E-state index contributed by atoms with van der Waals surface area (Å²) in [6.07, 6.45) is 6.16. The van der Waals surface area contributed by atoms with Crippen molar-refractivity contribution < 1.29 is 18.0 Å². The molecule has 4 rings (SSSR count). The maximum absolute atomic E-state index is 13.0. The molecule has 7 nitrogen and oxygen atoms in total. The molecule has 31 heavy (non-hydrogen) atoms. The molecule has 3 aliphatic rings. The number of piperidine rings is 2. The van der Waals surface area contributed by atoms with Gasteiger partial charge < -0.3 is 0 Å². The van der Waals surface area contributed by atoms with E-state index in [-0.39, 0.29) is 17.9 Å². The van der Waals surface area contributed by atoms with Crippen molar-refractivity contribution in [3.8, 4) is 0 Å². The molecular formula is C23H33N3O4S. The standard InChI is InChI=1S/C23H33N3O4S/c1-31(29,30)25-14-10-20(11-15-25)19-8-12-24(13-9-19)21-17-22(27)26(23(21)28)16-7-18-5-3-2-4-6-18/h2-6,19-21H,7-17H2,1H3. The fourth-order valence-corrected chi connectivity index (χ4v) is 6.33. The summed E-state index contributed by atoms with van der Waals surface area (Å²) in [5.74, 6) is 1.05. The smallest absolute Gasteiger partial charge is 0.247 e. The number of hydrogen-bond acceptors (Lipinski definition) is 5. The molecular weight excluding hydrogens is 414 g/mol. The van der Waals surface area contributed by atoms with Gasteiger partial charge in [0.05, 0.1) is 18.7 Å². The molecule has 3 fully saturated rings. The third-order valence-electron chi connectivity index (χ3n) is 7.34. The zero-order valence-corrected chi connectivity index (χ0v) is 19.1. The Morgan fingerprint density at radius 2 is 1.48 bits per heavy atom. The average molecular weight is 448 g/mol. The third kappa shape index (κ3) is 5.18. The molecule has 2 amide bonds. The van der Waals surface area contributed by atoms with Gasteiger partial charge in [0.15, 0.2) is 0 Å². The van der Waals surface area contributed by atoms with E-state index in [1.165, 1.54) is 11.2 Å².